The van der Waals surface area contributed by atoms with E-state index in [0.29, 0.717) is 0 Å². The predicted octanol–water partition coefficient (Wildman–Crippen LogP) is 4.39. The molecule has 2 aromatic rings. The molecule has 1 atom stereocenters. The van der Waals surface area contributed by atoms with Gasteiger partial charge in [0.1, 0.15) is 0 Å². The van der Waals surface area contributed by atoms with Gasteiger partial charge in [0, 0.05) is 20.6 Å². The van der Waals surface area contributed by atoms with E-state index in [1.54, 1.807) is 12.5 Å². The van der Waals surface area contributed by atoms with Crippen LogP contribution in [-0.4, -0.2) is 6.54 Å². The average molecular weight is 315 g/mol. The maximum absolute atomic E-state index is 6.28. The first-order chi connectivity index (χ1) is 8.24. The Kier molecular flexibility index (Phi) is 4.26. The molecule has 0 saturated carbocycles. The van der Waals surface area contributed by atoms with Gasteiger partial charge in [-0.1, -0.05) is 40.5 Å². The number of hydrogen-bond acceptors (Lipinski definition) is 2. The Bertz CT molecular complexity index is 464. The van der Waals surface area contributed by atoms with Crippen LogP contribution in [0.25, 0.3) is 0 Å². The molecule has 0 spiro atoms. The SMILES string of the molecule is CCNC(c1ccoc1)c1c(Cl)cccc1Br. The minimum absolute atomic E-state index is 0.0434. The maximum Gasteiger partial charge on any atom is 0.0953 e. The number of benzene rings is 1. The van der Waals surface area contributed by atoms with Crippen molar-refractivity contribution in [1.82, 2.24) is 5.32 Å². The van der Waals surface area contributed by atoms with Gasteiger partial charge >= 0.3 is 0 Å². The van der Waals surface area contributed by atoms with Gasteiger partial charge in [-0.25, -0.2) is 0 Å². The summed E-state index contributed by atoms with van der Waals surface area (Å²) < 4.78 is 6.14. The van der Waals surface area contributed by atoms with Crippen molar-refractivity contribution in [3.05, 3.63) is 57.4 Å². The summed E-state index contributed by atoms with van der Waals surface area (Å²) in [5.41, 5.74) is 2.11. The van der Waals surface area contributed by atoms with Gasteiger partial charge in [0.15, 0.2) is 0 Å². The lowest BCUT2D eigenvalue weighted by Gasteiger charge is -2.19. The summed E-state index contributed by atoms with van der Waals surface area (Å²) in [5, 5.41) is 4.15. The molecule has 0 aliphatic rings. The van der Waals surface area contributed by atoms with Crippen LogP contribution in [0.5, 0.6) is 0 Å². The molecule has 0 fully saturated rings. The number of furan rings is 1. The van der Waals surface area contributed by atoms with Crippen LogP contribution in [0.15, 0.2) is 45.7 Å². The third-order valence-corrected chi connectivity index (χ3v) is 3.59. The van der Waals surface area contributed by atoms with Crippen LogP contribution in [0, 0.1) is 0 Å². The summed E-state index contributed by atoms with van der Waals surface area (Å²) in [6.45, 7) is 2.92. The molecule has 0 aliphatic heterocycles. The van der Waals surface area contributed by atoms with Gasteiger partial charge < -0.3 is 9.73 Å². The van der Waals surface area contributed by atoms with Gasteiger partial charge in [-0.15, -0.1) is 0 Å². The first-order valence-electron chi connectivity index (χ1n) is 5.43. The standard InChI is InChI=1S/C13H13BrClNO/c1-2-16-13(9-6-7-17-8-9)12-10(14)4-3-5-11(12)15/h3-8,13,16H,2H2,1H3. The van der Waals surface area contributed by atoms with E-state index in [9.17, 15) is 0 Å². The molecule has 2 rings (SSSR count). The molecule has 1 N–H and O–H groups in total. The Morgan fingerprint density at radius 2 is 2.24 bits per heavy atom. The fourth-order valence-corrected chi connectivity index (χ4v) is 2.81. The monoisotopic (exact) mass is 313 g/mol. The van der Waals surface area contributed by atoms with Crippen LogP contribution in [0.4, 0.5) is 0 Å². The van der Waals surface area contributed by atoms with E-state index in [1.165, 1.54) is 0 Å². The normalized spacial score (nSPS) is 12.6. The molecule has 1 aromatic carbocycles. The lowest BCUT2D eigenvalue weighted by Crippen LogP contribution is -2.22. The Hall–Kier alpha value is -0.770. The van der Waals surface area contributed by atoms with E-state index in [4.69, 9.17) is 16.0 Å². The van der Waals surface area contributed by atoms with Crippen LogP contribution in [0.2, 0.25) is 5.02 Å². The summed E-state index contributed by atoms with van der Waals surface area (Å²) in [5.74, 6) is 0. The smallest absolute Gasteiger partial charge is 0.0953 e. The molecule has 2 nitrogen and oxygen atoms in total. The molecule has 90 valence electrons. The molecule has 1 heterocycles. The average Bonchev–Trinajstić information content (AvgIpc) is 2.80. The van der Waals surface area contributed by atoms with Crippen LogP contribution in [0.1, 0.15) is 24.1 Å². The predicted molar refractivity (Wildman–Crippen MR) is 73.4 cm³/mol. The number of rotatable bonds is 4. The molecule has 0 saturated heterocycles. The fourth-order valence-electron chi connectivity index (χ4n) is 1.82. The van der Waals surface area contributed by atoms with Crippen molar-refractivity contribution in [2.24, 2.45) is 0 Å². The van der Waals surface area contributed by atoms with E-state index in [0.717, 1.165) is 27.2 Å². The van der Waals surface area contributed by atoms with E-state index < -0.39 is 0 Å². The van der Waals surface area contributed by atoms with Crippen molar-refractivity contribution in [3.63, 3.8) is 0 Å². The summed E-state index contributed by atoms with van der Waals surface area (Å²) in [4.78, 5) is 0. The number of hydrogen-bond donors (Lipinski definition) is 1. The molecule has 0 aliphatic carbocycles. The number of halogens is 2. The highest BCUT2D eigenvalue weighted by molar-refractivity contribution is 9.10. The summed E-state index contributed by atoms with van der Waals surface area (Å²) in [6, 6.07) is 7.80. The molecule has 0 amide bonds. The van der Waals surface area contributed by atoms with Gasteiger partial charge in [0.05, 0.1) is 18.6 Å². The lowest BCUT2D eigenvalue weighted by molar-refractivity contribution is 0.552. The molecule has 1 unspecified atom stereocenters. The fraction of sp³-hybridized carbons (Fsp3) is 0.231. The second-order valence-corrected chi connectivity index (χ2v) is 4.94. The second kappa shape index (κ2) is 5.71. The zero-order chi connectivity index (χ0) is 12.3. The van der Waals surface area contributed by atoms with Crippen molar-refractivity contribution in [1.29, 1.82) is 0 Å². The number of nitrogens with one attached hydrogen (secondary N) is 1. The second-order valence-electron chi connectivity index (χ2n) is 3.68. The first-order valence-corrected chi connectivity index (χ1v) is 6.60. The molecule has 17 heavy (non-hydrogen) atoms. The molecule has 1 aromatic heterocycles. The van der Waals surface area contributed by atoms with E-state index in [-0.39, 0.29) is 6.04 Å². The van der Waals surface area contributed by atoms with E-state index >= 15 is 0 Å². The van der Waals surface area contributed by atoms with Gasteiger partial charge in [-0.2, -0.15) is 0 Å². The maximum atomic E-state index is 6.28. The third kappa shape index (κ3) is 2.73. The van der Waals surface area contributed by atoms with Crippen LogP contribution < -0.4 is 5.32 Å². The molecular formula is C13H13BrClNO. The van der Waals surface area contributed by atoms with Crippen molar-refractivity contribution in [2.45, 2.75) is 13.0 Å². The Morgan fingerprint density at radius 1 is 1.41 bits per heavy atom. The first kappa shape index (κ1) is 12.7. The third-order valence-electron chi connectivity index (χ3n) is 2.57. The minimum Gasteiger partial charge on any atom is -0.472 e. The van der Waals surface area contributed by atoms with Crippen molar-refractivity contribution < 1.29 is 4.42 Å². The molecule has 0 radical (unpaired) electrons. The van der Waals surface area contributed by atoms with Gasteiger partial charge in [0.25, 0.3) is 0 Å². The van der Waals surface area contributed by atoms with Crippen LogP contribution in [0.3, 0.4) is 0 Å². The summed E-state index contributed by atoms with van der Waals surface area (Å²) in [6.07, 6.45) is 3.41. The highest BCUT2D eigenvalue weighted by Crippen LogP contribution is 2.34. The lowest BCUT2D eigenvalue weighted by atomic mass is 10.0. The summed E-state index contributed by atoms with van der Waals surface area (Å²) >= 11 is 9.82. The van der Waals surface area contributed by atoms with E-state index in [1.807, 2.05) is 24.3 Å². The molecule has 4 heteroatoms. The van der Waals surface area contributed by atoms with Crippen molar-refractivity contribution >= 4 is 27.5 Å². The quantitative estimate of drug-likeness (QED) is 0.905. The largest absolute Gasteiger partial charge is 0.472 e. The summed E-state index contributed by atoms with van der Waals surface area (Å²) in [7, 11) is 0. The topological polar surface area (TPSA) is 25.2 Å². The molecular weight excluding hydrogens is 302 g/mol. The van der Waals surface area contributed by atoms with E-state index in [2.05, 4.69) is 28.2 Å². The van der Waals surface area contributed by atoms with Crippen molar-refractivity contribution in [2.75, 3.05) is 6.54 Å². The van der Waals surface area contributed by atoms with Crippen LogP contribution >= 0.6 is 27.5 Å². The van der Waals surface area contributed by atoms with Crippen molar-refractivity contribution in [3.8, 4) is 0 Å². The Morgan fingerprint density at radius 3 is 2.82 bits per heavy atom. The van der Waals surface area contributed by atoms with Gasteiger partial charge in [0.2, 0.25) is 0 Å². The highest BCUT2D eigenvalue weighted by Gasteiger charge is 2.19. The van der Waals surface area contributed by atoms with Gasteiger partial charge in [-0.05, 0) is 24.7 Å². The minimum atomic E-state index is 0.0434. The Balaban J connectivity index is 2.46. The zero-order valence-electron chi connectivity index (χ0n) is 9.41. The highest BCUT2D eigenvalue weighted by atomic mass is 79.9. The van der Waals surface area contributed by atoms with Crippen LogP contribution in [-0.2, 0) is 0 Å². The Labute approximate surface area is 114 Å². The van der Waals surface area contributed by atoms with Gasteiger partial charge in [-0.3, -0.25) is 0 Å². The molecule has 0 bridgehead atoms. The zero-order valence-corrected chi connectivity index (χ0v) is 11.8.